The van der Waals surface area contributed by atoms with E-state index in [2.05, 4.69) is 4.57 Å². The van der Waals surface area contributed by atoms with Crippen molar-refractivity contribution >= 4 is 26.7 Å². The lowest BCUT2D eigenvalue weighted by atomic mass is 9.60. The van der Waals surface area contributed by atoms with Crippen molar-refractivity contribution < 1.29 is 27.8 Å². The van der Waals surface area contributed by atoms with Crippen molar-refractivity contribution in [1.82, 2.24) is 4.57 Å². The lowest BCUT2D eigenvalue weighted by Crippen LogP contribution is -2.40. The van der Waals surface area contributed by atoms with Gasteiger partial charge in [0, 0.05) is 22.7 Å². The topological polar surface area (TPSA) is 96.6 Å². The Bertz CT molecular complexity index is 1400. The molecular weight excluding hydrogens is 457 g/mol. The third kappa shape index (κ3) is 3.68. The van der Waals surface area contributed by atoms with Crippen LogP contribution in [0.3, 0.4) is 0 Å². The molecule has 6 nitrogen and oxygen atoms in total. The minimum atomic E-state index is -3.08. The van der Waals surface area contributed by atoms with Crippen LogP contribution in [-0.2, 0) is 14.6 Å². The molecule has 1 aliphatic heterocycles. The third-order valence-electron chi connectivity index (χ3n) is 7.69. The molecule has 3 aromatic rings. The first-order chi connectivity index (χ1) is 16.0. The maximum atomic E-state index is 14.1. The largest absolute Gasteiger partial charge is 0.508 e. The summed E-state index contributed by atoms with van der Waals surface area (Å²) in [5, 5.41) is 20.8. The van der Waals surface area contributed by atoms with E-state index in [1.165, 1.54) is 6.07 Å². The van der Waals surface area contributed by atoms with E-state index in [1.807, 2.05) is 6.07 Å². The van der Waals surface area contributed by atoms with Gasteiger partial charge in [-0.2, -0.15) is 0 Å². The van der Waals surface area contributed by atoms with Gasteiger partial charge in [-0.15, -0.1) is 0 Å². The molecule has 1 aliphatic carbocycles. The summed E-state index contributed by atoms with van der Waals surface area (Å²) in [4.78, 5) is 11.8. The Morgan fingerprint density at radius 2 is 1.76 bits per heavy atom. The van der Waals surface area contributed by atoms with Crippen LogP contribution in [-0.4, -0.2) is 40.7 Å². The normalized spacial score (nSPS) is 24.7. The number of carbonyl (C=O) groups is 1. The van der Waals surface area contributed by atoms with Gasteiger partial charge in [0.05, 0.1) is 22.4 Å². The molecule has 5 rings (SSSR count). The zero-order valence-corrected chi connectivity index (χ0v) is 20.0. The first kappa shape index (κ1) is 22.9. The highest BCUT2D eigenvalue weighted by Gasteiger charge is 2.49. The number of sulfone groups is 1. The summed E-state index contributed by atoms with van der Waals surface area (Å²) in [6.07, 6.45) is 1.89. The van der Waals surface area contributed by atoms with Gasteiger partial charge < -0.3 is 14.8 Å². The van der Waals surface area contributed by atoms with Gasteiger partial charge in [0.2, 0.25) is 0 Å². The number of fused-ring (bicyclic) bond motifs is 1. The molecule has 0 radical (unpaired) electrons. The van der Waals surface area contributed by atoms with Gasteiger partial charge in [0.1, 0.15) is 21.4 Å². The van der Waals surface area contributed by atoms with Crippen molar-refractivity contribution in [2.75, 3.05) is 11.5 Å². The Kier molecular flexibility index (Phi) is 5.28. The minimum absolute atomic E-state index is 0.0262. The summed E-state index contributed by atoms with van der Waals surface area (Å²) >= 11 is 0. The molecule has 0 unspecified atom stereocenters. The number of rotatable bonds is 4. The highest BCUT2D eigenvalue weighted by molar-refractivity contribution is 7.91. The molecule has 0 atom stereocenters. The van der Waals surface area contributed by atoms with Crippen LogP contribution in [0.25, 0.3) is 16.6 Å². The van der Waals surface area contributed by atoms with Gasteiger partial charge >= 0.3 is 5.97 Å². The first-order valence-corrected chi connectivity index (χ1v) is 13.4. The summed E-state index contributed by atoms with van der Waals surface area (Å²) in [6.45, 7) is 3.45. The van der Waals surface area contributed by atoms with E-state index in [-0.39, 0.29) is 34.9 Å². The van der Waals surface area contributed by atoms with Crippen molar-refractivity contribution in [1.29, 1.82) is 0 Å². The number of halogens is 1. The number of benzene rings is 2. The molecule has 1 aromatic heterocycles. The van der Waals surface area contributed by atoms with Gasteiger partial charge in [-0.3, -0.25) is 4.79 Å². The van der Waals surface area contributed by atoms with E-state index >= 15 is 0 Å². The Hall–Kier alpha value is -2.87. The first-order valence-electron chi connectivity index (χ1n) is 11.6. The summed E-state index contributed by atoms with van der Waals surface area (Å²) in [7, 11) is -3.08. The zero-order chi connectivity index (χ0) is 24.4. The number of aliphatic carboxylic acids is 1. The van der Waals surface area contributed by atoms with Crippen LogP contribution in [0.4, 0.5) is 4.39 Å². The second-order valence-corrected chi connectivity index (χ2v) is 12.5. The molecule has 2 heterocycles. The SMILES string of the molecule is Cc1cc(-n2c(C3CCS(=O)(=O)CC3)c(C3CC(C)(C(=O)O)C3)c3cc(O)ccc32)ccc1F. The maximum absolute atomic E-state index is 14.1. The molecule has 2 N–H and O–H groups in total. The van der Waals surface area contributed by atoms with Crippen LogP contribution in [0.1, 0.15) is 61.3 Å². The third-order valence-corrected chi connectivity index (χ3v) is 9.40. The average molecular weight is 486 g/mol. The number of phenolic OH excluding ortho intramolecular Hbond substituents is 1. The number of carboxylic acids is 1. The van der Waals surface area contributed by atoms with Gasteiger partial charge in [-0.1, -0.05) is 0 Å². The molecule has 1 saturated heterocycles. The summed E-state index contributed by atoms with van der Waals surface area (Å²) < 4.78 is 40.5. The molecule has 8 heteroatoms. The van der Waals surface area contributed by atoms with Gasteiger partial charge in [0.15, 0.2) is 0 Å². The van der Waals surface area contributed by atoms with E-state index in [0.29, 0.717) is 31.2 Å². The number of hydrogen-bond donors (Lipinski definition) is 2. The maximum Gasteiger partial charge on any atom is 0.309 e. The highest BCUT2D eigenvalue weighted by Crippen LogP contribution is 2.55. The van der Waals surface area contributed by atoms with E-state index in [9.17, 15) is 27.8 Å². The summed E-state index contributed by atoms with van der Waals surface area (Å²) in [6, 6.07) is 10.1. The number of aromatic hydroxyl groups is 1. The van der Waals surface area contributed by atoms with Gasteiger partial charge in [-0.05, 0) is 93.0 Å². The van der Waals surface area contributed by atoms with Crippen molar-refractivity contribution in [2.24, 2.45) is 5.41 Å². The highest BCUT2D eigenvalue weighted by atomic mass is 32.2. The lowest BCUT2D eigenvalue weighted by Gasteiger charge is -2.43. The standard InChI is InChI=1S/C26H28FNO5S/c1-15-11-18(3-5-21(15)27)28-22-6-4-19(29)12-20(22)23(17-13-26(2,14-17)25(30)31)24(28)16-7-9-34(32,33)10-8-16/h3-6,11-12,16-17,29H,7-10,13-14H2,1-2H3,(H,30,31). The number of hydrogen-bond acceptors (Lipinski definition) is 4. The Labute approximate surface area is 197 Å². The molecular formula is C26H28FNO5S. The van der Waals surface area contributed by atoms with Crippen molar-refractivity contribution in [2.45, 2.75) is 51.4 Å². The van der Waals surface area contributed by atoms with Crippen LogP contribution in [0, 0.1) is 18.2 Å². The van der Waals surface area contributed by atoms with Gasteiger partial charge in [-0.25, -0.2) is 12.8 Å². The molecule has 1 saturated carbocycles. The van der Waals surface area contributed by atoms with Crippen molar-refractivity contribution in [3.05, 3.63) is 59.0 Å². The molecule has 0 bridgehead atoms. The minimum Gasteiger partial charge on any atom is -0.508 e. The summed E-state index contributed by atoms with van der Waals surface area (Å²) in [5.74, 6) is -0.890. The number of aromatic nitrogens is 1. The lowest BCUT2D eigenvalue weighted by molar-refractivity contribution is -0.154. The number of phenols is 1. The van der Waals surface area contributed by atoms with E-state index in [1.54, 1.807) is 38.1 Å². The number of carboxylic acid groups (broad SMARTS) is 1. The van der Waals surface area contributed by atoms with E-state index in [0.717, 1.165) is 27.8 Å². The van der Waals surface area contributed by atoms with Crippen LogP contribution in [0.2, 0.25) is 0 Å². The zero-order valence-electron chi connectivity index (χ0n) is 19.2. The molecule has 2 aromatic carbocycles. The Morgan fingerprint density at radius 1 is 1.09 bits per heavy atom. The van der Waals surface area contributed by atoms with E-state index < -0.39 is 21.2 Å². The fourth-order valence-electron chi connectivity index (χ4n) is 5.77. The molecule has 0 amide bonds. The van der Waals surface area contributed by atoms with Crippen molar-refractivity contribution in [3.8, 4) is 11.4 Å². The molecule has 2 aliphatic rings. The molecule has 180 valence electrons. The number of nitrogens with zero attached hydrogens (tertiary/aromatic N) is 1. The van der Waals surface area contributed by atoms with Crippen LogP contribution >= 0.6 is 0 Å². The quantitative estimate of drug-likeness (QED) is 0.539. The van der Waals surface area contributed by atoms with Crippen molar-refractivity contribution in [3.63, 3.8) is 0 Å². The average Bonchev–Trinajstić information content (AvgIpc) is 3.07. The fraction of sp³-hybridized carbons (Fsp3) is 0.423. The molecule has 0 spiro atoms. The second-order valence-electron chi connectivity index (χ2n) is 10.2. The van der Waals surface area contributed by atoms with Crippen LogP contribution in [0.15, 0.2) is 36.4 Å². The summed E-state index contributed by atoms with van der Waals surface area (Å²) in [5.41, 5.74) is 3.24. The Morgan fingerprint density at radius 3 is 2.38 bits per heavy atom. The molecule has 2 fully saturated rings. The van der Waals surface area contributed by atoms with Crippen LogP contribution in [0.5, 0.6) is 5.75 Å². The predicted molar refractivity (Wildman–Crippen MR) is 128 cm³/mol. The Balaban J connectivity index is 1.76. The smallest absolute Gasteiger partial charge is 0.309 e. The van der Waals surface area contributed by atoms with Gasteiger partial charge in [0.25, 0.3) is 0 Å². The number of aryl methyl sites for hydroxylation is 1. The second kappa shape index (κ2) is 7.83. The molecule has 34 heavy (non-hydrogen) atoms. The monoisotopic (exact) mass is 485 g/mol. The fourth-order valence-corrected chi connectivity index (χ4v) is 7.26. The predicted octanol–water partition coefficient (Wildman–Crippen LogP) is 5.04. The van der Waals surface area contributed by atoms with Crippen LogP contribution < -0.4 is 0 Å². The van der Waals surface area contributed by atoms with E-state index in [4.69, 9.17) is 0 Å².